The molecule has 2 aromatic carbocycles. The van der Waals surface area contributed by atoms with E-state index in [4.69, 9.17) is 17.3 Å². The third-order valence-electron chi connectivity index (χ3n) is 2.90. The van der Waals surface area contributed by atoms with Crippen molar-refractivity contribution in [2.45, 2.75) is 12.8 Å². The van der Waals surface area contributed by atoms with Crippen molar-refractivity contribution < 1.29 is 9.18 Å². The molecular weight excluding hydrogens is 279 g/mol. The molecule has 0 saturated heterocycles. The largest absolute Gasteiger partial charge is 0.399 e. The van der Waals surface area contributed by atoms with Crippen molar-refractivity contribution >= 4 is 28.9 Å². The average molecular weight is 293 g/mol. The van der Waals surface area contributed by atoms with Crippen LogP contribution in [0, 0.1) is 5.82 Å². The van der Waals surface area contributed by atoms with Gasteiger partial charge in [-0.3, -0.25) is 4.79 Å². The number of halogens is 2. The first-order chi connectivity index (χ1) is 9.58. The molecule has 0 aliphatic rings. The normalized spacial score (nSPS) is 10.3. The highest BCUT2D eigenvalue weighted by Crippen LogP contribution is 2.22. The van der Waals surface area contributed by atoms with Gasteiger partial charge in [-0.25, -0.2) is 4.39 Å². The Morgan fingerprint density at radius 1 is 1.20 bits per heavy atom. The number of rotatable bonds is 4. The summed E-state index contributed by atoms with van der Waals surface area (Å²) in [6.07, 6.45) is 0.723. The molecule has 0 aromatic heterocycles. The second-order valence-corrected chi connectivity index (χ2v) is 4.76. The zero-order chi connectivity index (χ0) is 14.5. The topological polar surface area (TPSA) is 55.1 Å². The molecule has 3 N–H and O–H groups in total. The molecule has 0 radical (unpaired) electrons. The summed E-state index contributed by atoms with van der Waals surface area (Å²) in [6, 6.07) is 11.8. The number of amides is 1. The predicted octanol–water partition coefficient (Wildman–Crippen LogP) is 3.63. The Morgan fingerprint density at radius 2 is 1.95 bits per heavy atom. The van der Waals surface area contributed by atoms with E-state index < -0.39 is 5.82 Å². The van der Waals surface area contributed by atoms with E-state index in [0.29, 0.717) is 12.1 Å². The Hall–Kier alpha value is -2.07. The van der Waals surface area contributed by atoms with Gasteiger partial charge in [0.2, 0.25) is 5.91 Å². The number of hydrogen-bond acceptors (Lipinski definition) is 2. The maximum absolute atomic E-state index is 13.6. The first-order valence-electron chi connectivity index (χ1n) is 6.15. The van der Waals surface area contributed by atoms with Crippen LogP contribution in [-0.2, 0) is 11.2 Å². The van der Waals surface area contributed by atoms with Crippen molar-refractivity contribution in [3.8, 4) is 0 Å². The van der Waals surface area contributed by atoms with E-state index in [-0.39, 0.29) is 23.0 Å². The monoisotopic (exact) mass is 292 g/mol. The molecule has 0 spiro atoms. The van der Waals surface area contributed by atoms with Crippen molar-refractivity contribution in [2.24, 2.45) is 0 Å². The van der Waals surface area contributed by atoms with Gasteiger partial charge >= 0.3 is 0 Å². The number of hydrogen-bond donors (Lipinski definition) is 2. The van der Waals surface area contributed by atoms with Crippen molar-refractivity contribution in [3.05, 3.63) is 58.9 Å². The number of nitrogens with two attached hydrogens (primary N) is 1. The summed E-state index contributed by atoms with van der Waals surface area (Å²) < 4.78 is 13.6. The molecule has 2 aromatic rings. The number of anilines is 2. The third-order valence-corrected chi connectivity index (χ3v) is 3.19. The fraction of sp³-hybridized carbons (Fsp3) is 0.133. The molecule has 0 unspecified atom stereocenters. The van der Waals surface area contributed by atoms with E-state index in [9.17, 15) is 9.18 Å². The minimum absolute atomic E-state index is 0.0184. The van der Waals surface area contributed by atoms with Crippen molar-refractivity contribution in [1.82, 2.24) is 0 Å². The van der Waals surface area contributed by atoms with Crippen LogP contribution in [-0.4, -0.2) is 5.91 Å². The average Bonchev–Trinajstić information content (AvgIpc) is 2.43. The van der Waals surface area contributed by atoms with E-state index in [1.165, 1.54) is 12.1 Å². The Morgan fingerprint density at radius 3 is 2.70 bits per heavy atom. The highest BCUT2D eigenvalue weighted by atomic mass is 35.5. The van der Waals surface area contributed by atoms with Gasteiger partial charge in [-0.1, -0.05) is 35.9 Å². The Balaban J connectivity index is 1.96. The highest BCUT2D eigenvalue weighted by molar-refractivity contribution is 6.31. The van der Waals surface area contributed by atoms with E-state index in [1.54, 1.807) is 12.1 Å². The van der Waals surface area contributed by atoms with Crippen LogP contribution >= 0.6 is 11.6 Å². The summed E-state index contributed by atoms with van der Waals surface area (Å²) in [6.45, 7) is 0. The van der Waals surface area contributed by atoms with Crippen LogP contribution in [0.25, 0.3) is 0 Å². The summed E-state index contributed by atoms with van der Waals surface area (Å²) in [4.78, 5) is 11.8. The zero-order valence-electron chi connectivity index (χ0n) is 10.7. The third kappa shape index (κ3) is 3.48. The fourth-order valence-electron chi connectivity index (χ4n) is 1.82. The number of carbonyl (C=O) groups is 1. The van der Waals surface area contributed by atoms with E-state index >= 15 is 0 Å². The second kappa shape index (κ2) is 6.39. The molecular formula is C15H14ClFN2O. The van der Waals surface area contributed by atoms with Gasteiger partial charge in [0.15, 0.2) is 5.82 Å². The molecule has 2 rings (SSSR count). The van der Waals surface area contributed by atoms with Gasteiger partial charge in [-0.05, 0) is 30.2 Å². The summed E-state index contributed by atoms with van der Waals surface area (Å²) in [7, 11) is 0. The first-order valence-corrected chi connectivity index (χ1v) is 6.53. The van der Waals surface area contributed by atoms with Crippen molar-refractivity contribution in [1.29, 1.82) is 0 Å². The number of para-hydroxylation sites is 1. The molecule has 1 amide bonds. The maximum Gasteiger partial charge on any atom is 0.224 e. The number of carbonyl (C=O) groups excluding carboxylic acids is 1. The van der Waals surface area contributed by atoms with E-state index in [2.05, 4.69) is 5.32 Å². The van der Waals surface area contributed by atoms with Crippen LogP contribution < -0.4 is 11.1 Å². The number of aryl methyl sites for hydroxylation is 1. The SMILES string of the molecule is Nc1ccccc1CCC(=O)Nc1cccc(Cl)c1F. The molecule has 0 aliphatic carbocycles. The molecule has 0 bridgehead atoms. The minimum atomic E-state index is -0.623. The molecule has 0 heterocycles. The molecule has 3 nitrogen and oxygen atoms in total. The lowest BCUT2D eigenvalue weighted by molar-refractivity contribution is -0.116. The molecule has 0 fully saturated rings. The molecule has 20 heavy (non-hydrogen) atoms. The summed E-state index contributed by atoms with van der Waals surface area (Å²) in [5.74, 6) is -0.906. The Labute approximate surface area is 121 Å². The summed E-state index contributed by atoms with van der Waals surface area (Å²) >= 11 is 5.65. The zero-order valence-corrected chi connectivity index (χ0v) is 11.5. The lowest BCUT2D eigenvalue weighted by Gasteiger charge is -2.08. The van der Waals surface area contributed by atoms with Crippen molar-refractivity contribution in [2.75, 3.05) is 11.1 Å². The van der Waals surface area contributed by atoms with Crippen LogP contribution in [0.2, 0.25) is 5.02 Å². The van der Waals surface area contributed by atoms with Crippen LogP contribution in [0.4, 0.5) is 15.8 Å². The van der Waals surface area contributed by atoms with Gasteiger partial charge in [0.05, 0.1) is 10.7 Å². The van der Waals surface area contributed by atoms with Crippen LogP contribution in [0.15, 0.2) is 42.5 Å². The highest BCUT2D eigenvalue weighted by Gasteiger charge is 2.10. The molecule has 0 aliphatic heterocycles. The van der Waals surface area contributed by atoms with E-state index in [1.807, 2.05) is 18.2 Å². The van der Waals surface area contributed by atoms with Gasteiger partial charge < -0.3 is 11.1 Å². The minimum Gasteiger partial charge on any atom is -0.399 e. The maximum atomic E-state index is 13.6. The van der Waals surface area contributed by atoms with Gasteiger partial charge in [0, 0.05) is 12.1 Å². The molecule has 5 heteroatoms. The Bertz CT molecular complexity index is 631. The van der Waals surface area contributed by atoms with Gasteiger partial charge in [0.1, 0.15) is 0 Å². The van der Waals surface area contributed by atoms with Gasteiger partial charge in [-0.15, -0.1) is 0 Å². The van der Waals surface area contributed by atoms with E-state index in [0.717, 1.165) is 5.56 Å². The Kier molecular flexibility index (Phi) is 4.58. The summed E-state index contributed by atoms with van der Waals surface area (Å²) in [5, 5.41) is 2.48. The number of nitrogens with one attached hydrogen (secondary N) is 1. The molecule has 0 saturated carbocycles. The first kappa shape index (κ1) is 14.3. The smallest absolute Gasteiger partial charge is 0.224 e. The van der Waals surface area contributed by atoms with Gasteiger partial charge in [0.25, 0.3) is 0 Å². The number of benzene rings is 2. The lowest BCUT2D eigenvalue weighted by Crippen LogP contribution is -2.13. The molecule has 0 atom stereocenters. The number of nitrogen functional groups attached to an aromatic ring is 1. The van der Waals surface area contributed by atoms with Crippen LogP contribution in [0.1, 0.15) is 12.0 Å². The lowest BCUT2D eigenvalue weighted by atomic mass is 10.1. The van der Waals surface area contributed by atoms with Crippen LogP contribution in [0.5, 0.6) is 0 Å². The van der Waals surface area contributed by atoms with Crippen molar-refractivity contribution in [3.63, 3.8) is 0 Å². The summed E-state index contributed by atoms with van der Waals surface area (Å²) in [5.41, 5.74) is 7.43. The standard InChI is InChI=1S/C15H14ClFN2O/c16-11-5-3-7-13(15(11)17)19-14(20)9-8-10-4-1-2-6-12(10)18/h1-7H,8-9,18H2,(H,19,20). The second-order valence-electron chi connectivity index (χ2n) is 4.35. The van der Waals surface area contributed by atoms with Gasteiger partial charge in [-0.2, -0.15) is 0 Å². The molecule has 104 valence electrons. The predicted molar refractivity (Wildman–Crippen MR) is 79.2 cm³/mol. The fourth-order valence-corrected chi connectivity index (χ4v) is 2.00. The van der Waals surface area contributed by atoms with Crippen LogP contribution in [0.3, 0.4) is 0 Å². The quantitative estimate of drug-likeness (QED) is 0.846.